The molecule has 0 spiro atoms. The van der Waals surface area contributed by atoms with E-state index in [1.165, 1.54) is 5.56 Å². The van der Waals surface area contributed by atoms with Gasteiger partial charge >= 0.3 is 0 Å². The van der Waals surface area contributed by atoms with E-state index in [1.807, 2.05) is 25.1 Å². The van der Waals surface area contributed by atoms with Gasteiger partial charge in [-0.1, -0.05) is 49.7 Å². The van der Waals surface area contributed by atoms with Crippen LogP contribution in [0.5, 0.6) is 0 Å². The number of nitrogens with one attached hydrogen (secondary N) is 1. The number of fused-ring (bicyclic) bond motifs is 1. The summed E-state index contributed by atoms with van der Waals surface area (Å²) in [6.45, 7) is 2.04. The molecule has 0 amide bonds. The number of Topliss-reactive ketones (excluding diaryl/α,β-unsaturated/α-hetero) is 1. The van der Waals surface area contributed by atoms with Crippen molar-refractivity contribution >= 4 is 16.7 Å². The van der Waals surface area contributed by atoms with Crippen LogP contribution in [0.25, 0.3) is 10.9 Å². The number of hydrogen-bond donors (Lipinski definition) is 1. The third-order valence-corrected chi connectivity index (χ3v) is 4.78. The van der Waals surface area contributed by atoms with Crippen LogP contribution in [0.15, 0.2) is 59.5 Å². The van der Waals surface area contributed by atoms with Gasteiger partial charge in [0.25, 0.3) is 0 Å². The molecule has 1 aromatic heterocycles. The van der Waals surface area contributed by atoms with Gasteiger partial charge in [0.05, 0.1) is 5.56 Å². The molecule has 0 saturated carbocycles. The fourth-order valence-electron chi connectivity index (χ4n) is 3.24. The molecule has 0 aliphatic heterocycles. The van der Waals surface area contributed by atoms with Crippen LogP contribution in [0.1, 0.15) is 54.1 Å². The fourth-order valence-corrected chi connectivity index (χ4v) is 3.24. The molecule has 0 radical (unpaired) electrons. The van der Waals surface area contributed by atoms with Gasteiger partial charge < -0.3 is 4.98 Å². The summed E-state index contributed by atoms with van der Waals surface area (Å²) in [5.74, 6) is -0.0653. The molecule has 0 aliphatic rings. The van der Waals surface area contributed by atoms with Gasteiger partial charge in [-0.05, 0) is 48.9 Å². The van der Waals surface area contributed by atoms with Crippen LogP contribution in [0.2, 0.25) is 0 Å². The highest BCUT2D eigenvalue weighted by molar-refractivity contribution is 5.98. The van der Waals surface area contributed by atoms with E-state index in [4.69, 9.17) is 0 Å². The second-order valence-electron chi connectivity index (χ2n) is 6.78. The van der Waals surface area contributed by atoms with Crippen molar-refractivity contribution in [3.63, 3.8) is 0 Å². The van der Waals surface area contributed by atoms with E-state index < -0.39 is 0 Å². The second-order valence-corrected chi connectivity index (χ2v) is 6.78. The van der Waals surface area contributed by atoms with Gasteiger partial charge in [-0.3, -0.25) is 9.59 Å². The molecule has 3 rings (SSSR count). The second kappa shape index (κ2) is 8.61. The van der Waals surface area contributed by atoms with Crippen molar-refractivity contribution in [1.82, 2.24) is 4.98 Å². The number of carbonyl (C=O) groups is 1. The van der Waals surface area contributed by atoms with Crippen molar-refractivity contribution in [3.05, 3.63) is 81.6 Å². The van der Waals surface area contributed by atoms with E-state index in [-0.39, 0.29) is 16.8 Å². The van der Waals surface area contributed by atoms with E-state index in [0.29, 0.717) is 11.8 Å². The standard InChI is InChI=1S/C23H25NO2/c1-2-3-12-22(25)20-16-24-21-14-13-18(15-19(21)23(20)26)11-7-10-17-8-5-4-6-9-17/h4-6,8-9,13-16H,2-3,7,10-12H2,1H3,(H,24,26). The van der Waals surface area contributed by atoms with E-state index in [1.54, 1.807) is 6.20 Å². The van der Waals surface area contributed by atoms with Crippen LogP contribution >= 0.6 is 0 Å². The number of aryl methyl sites for hydroxylation is 2. The predicted octanol–water partition coefficient (Wildman–Crippen LogP) is 5.08. The zero-order valence-corrected chi connectivity index (χ0v) is 15.3. The minimum Gasteiger partial charge on any atom is -0.360 e. The first-order chi connectivity index (χ1) is 12.7. The Morgan fingerprint density at radius 2 is 1.73 bits per heavy atom. The highest BCUT2D eigenvalue weighted by atomic mass is 16.1. The summed E-state index contributed by atoms with van der Waals surface area (Å²) in [6, 6.07) is 16.4. The van der Waals surface area contributed by atoms with Crippen molar-refractivity contribution in [2.45, 2.75) is 45.4 Å². The number of hydrogen-bond acceptors (Lipinski definition) is 2. The Kier molecular flexibility index (Phi) is 6.00. The molecule has 2 aromatic carbocycles. The summed E-state index contributed by atoms with van der Waals surface area (Å²) in [6.07, 6.45) is 6.73. The van der Waals surface area contributed by atoms with Crippen LogP contribution in [0.4, 0.5) is 0 Å². The van der Waals surface area contributed by atoms with Crippen LogP contribution < -0.4 is 5.43 Å². The number of pyridine rings is 1. The Balaban J connectivity index is 1.77. The van der Waals surface area contributed by atoms with E-state index in [0.717, 1.165) is 43.2 Å². The van der Waals surface area contributed by atoms with E-state index >= 15 is 0 Å². The maximum absolute atomic E-state index is 12.7. The highest BCUT2D eigenvalue weighted by Gasteiger charge is 2.12. The molecule has 3 aromatic rings. The number of benzene rings is 2. The molecule has 3 nitrogen and oxygen atoms in total. The molecule has 0 aliphatic carbocycles. The van der Waals surface area contributed by atoms with Crippen LogP contribution in [-0.4, -0.2) is 10.8 Å². The average Bonchev–Trinajstić information content (AvgIpc) is 2.67. The number of aromatic amines is 1. The smallest absolute Gasteiger partial charge is 0.200 e. The normalized spacial score (nSPS) is 11.0. The Hall–Kier alpha value is -2.68. The van der Waals surface area contributed by atoms with Gasteiger partial charge in [-0.15, -0.1) is 0 Å². The van der Waals surface area contributed by atoms with Gasteiger partial charge in [-0.2, -0.15) is 0 Å². The zero-order chi connectivity index (χ0) is 18.4. The highest BCUT2D eigenvalue weighted by Crippen LogP contribution is 2.15. The first-order valence-corrected chi connectivity index (χ1v) is 9.40. The first-order valence-electron chi connectivity index (χ1n) is 9.40. The molecule has 134 valence electrons. The fraction of sp³-hybridized carbons (Fsp3) is 0.304. The van der Waals surface area contributed by atoms with E-state index in [2.05, 4.69) is 35.3 Å². The van der Waals surface area contributed by atoms with Gasteiger partial charge in [0.1, 0.15) is 0 Å². The Morgan fingerprint density at radius 3 is 2.50 bits per heavy atom. The Bertz CT molecular complexity index is 941. The molecular formula is C23H25NO2. The lowest BCUT2D eigenvalue weighted by atomic mass is 10.0. The van der Waals surface area contributed by atoms with Gasteiger partial charge in [0.2, 0.25) is 0 Å². The molecule has 0 fully saturated rings. The predicted molar refractivity (Wildman–Crippen MR) is 107 cm³/mol. The summed E-state index contributed by atoms with van der Waals surface area (Å²) in [7, 11) is 0. The monoisotopic (exact) mass is 347 g/mol. The van der Waals surface area contributed by atoms with Crippen molar-refractivity contribution < 1.29 is 4.79 Å². The summed E-state index contributed by atoms with van der Waals surface area (Å²) < 4.78 is 0. The number of aromatic nitrogens is 1. The largest absolute Gasteiger partial charge is 0.360 e. The number of ketones is 1. The first kappa shape index (κ1) is 18.1. The molecule has 0 unspecified atom stereocenters. The number of rotatable bonds is 8. The minimum absolute atomic E-state index is 0.0653. The summed E-state index contributed by atoms with van der Waals surface area (Å²) in [5.41, 5.74) is 3.39. The summed E-state index contributed by atoms with van der Waals surface area (Å²) >= 11 is 0. The number of unbranched alkanes of at least 4 members (excludes halogenated alkanes) is 1. The third-order valence-electron chi connectivity index (χ3n) is 4.78. The van der Waals surface area contributed by atoms with Crippen LogP contribution in [0, 0.1) is 0 Å². The molecule has 0 bridgehead atoms. The molecule has 26 heavy (non-hydrogen) atoms. The topological polar surface area (TPSA) is 49.9 Å². The summed E-state index contributed by atoms with van der Waals surface area (Å²) in [4.78, 5) is 28.1. The lowest BCUT2D eigenvalue weighted by molar-refractivity contribution is 0.0978. The van der Waals surface area contributed by atoms with Crippen molar-refractivity contribution in [2.75, 3.05) is 0 Å². The lowest BCUT2D eigenvalue weighted by Crippen LogP contribution is -2.16. The molecule has 0 saturated heterocycles. The van der Waals surface area contributed by atoms with Gasteiger partial charge in [0, 0.05) is 23.5 Å². The molecule has 3 heteroatoms. The summed E-state index contributed by atoms with van der Waals surface area (Å²) in [5, 5.41) is 0.615. The average molecular weight is 347 g/mol. The molecule has 0 atom stereocenters. The molecule has 1 N–H and O–H groups in total. The Morgan fingerprint density at radius 1 is 0.962 bits per heavy atom. The molecular weight excluding hydrogens is 322 g/mol. The maximum Gasteiger partial charge on any atom is 0.200 e. The van der Waals surface area contributed by atoms with Crippen molar-refractivity contribution in [2.24, 2.45) is 0 Å². The Labute approximate surface area is 154 Å². The third kappa shape index (κ3) is 4.29. The van der Waals surface area contributed by atoms with Crippen molar-refractivity contribution in [1.29, 1.82) is 0 Å². The number of H-pyrrole nitrogens is 1. The zero-order valence-electron chi connectivity index (χ0n) is 15.3. The maximum atomic E-state index is 12.7. The van der Waals surface area contributed by atoms with E-state index in [9.17, 15) is 9.59 Å². The SMILES string of the molecule is CCCCC(=O)c1c[nH]c2ccc(CCCc3ccccc3)cc2c1=O. The number of carbonyl (C=O) groups excluding carboxylic acids is 1. The minimum atomic E-state index is -0.148. The lowest BCUT2D eigenvalue weighted by Gasteiger charge is -2.06. The van der Waals surface area contributed by atoms with Crippen LogP contribution in [0.3, 0.4) is 0 Å². The molecule has 1 heterocycles. The van der Waals surface area contributed by atoms with Gasteiger partial charge in [-0.25, -0.2) is 0 Å². The van der Waals surface area contributed by atoms with Crippen molar-refractivity contribution in [3.8, 4) is 0 Å². The quantitative estimate of drug-likeness (QED) is 0.578. The van der Waals surface area contributed by atoms with Gasteiger partial charge in [0.15, 0.2) is 11.2 Å². The van der Waals surface area contributed by atoms with Crippen LogP contribution in [-0.2, 0) is 12.8 Å².